The molecule has 1 heterocycles. The Hall–Kier alpha value is -2.95. The first-order valence-corrected chi connectivity index (χ1v) is 9.68. The molecule has 0 aromatic heterocycles. The highest BCUT2D eigenvalue weighted by Crippen LogP contribution is 2.36. The molecule has 29 heavy (non-hydrogen) atoms. The van der Waals surface area contributed by atoms with Crippen molar-refractivity contribution in [3.63, 3.8) is 0 Å². The van der Waals surface area contributed by atoms with Crippen LogP contribution in [0.4, 0.5) is 5.69 Å². The molecule has 0 saturated heterocycles. The fourth-order valence-electron chi connectivity index (χ4n) is 3.14. The van der Waals surface area contributed by atoms with Crippen LogP contribution in [0.3, 0.4) is 0 Å². The maximum Gasteiger partial charge on any atom is 0.256 e. The fourth-order valence-corrected chi connectivity index (χ4v) is 3.50. The van der Waals surface area contributed by atoms with E-state index in [-0.39, 0.29) is 5.91 Å². The maximum atomic E-state index is 12.4. The summed E-state index contributed by atoms with van der Waals surface area (Å²) in [6.07, 6.45) is 1.81. The van der Waals surface area contributed by atoms with Crippen LogP contribution in [0.1, 0.15) is 16.7 Å². The van der Waals surface area contributed by atoms with Crippen LogP contribution in [0, 0.1) is 0 Å². The zero-order valence-electron chi connectivity index (χ0n) is 15.5. The molecule has 1 aliphatic heterocycles. The number of rotatable bonds is 5. The maximum absolute atomic E-state index is 12.4. The summed E-state index contributed by atoms with van der Waals surface area (Å²) in [6, 6.07) is 18.4. The Labute approximate surface area is 178 Å². The predicted molar refractivity (Wildman–Crippen MR) is 117 cm³/mol. The number of carbonyl (C=O) groups is 1. The second-order valence-electron chi connectivity index (χ2n) is 6.49. The Morgan fingerprint density at radius 3 is 2.62 bits per heavy atom. The van der Waals surface area contributed by atoms with Gasteiger partial charge in [-0.15, -0.1) is 0 Å². The molecule has 1 N–H and O–H groups in total. The fraction of sp³-hybridized carbons (Fsp3) is 0.0870. The molecule has 0 unspecified atom stereocenters. The second-order valence-corrected chi connectivity index (χ2v) is 7.34. The first kappa shape index (κ1) is 19.4. The number of methoxy groups -OCH3 is 1. The lowest BCUT2D eigenvalue weighted by Crippen LogP contribution is -2.03. The highest BCUT2D eigenvalue weighted by Gasteiger charge is 2.24. The Kier molecular flexibility index (Phi) is 5.47. The number of anilines is 1. The van der Waals surface area contributed by atoms with Gasteiger partial charge in [0.05, 0.1) is 12.8 Å². The minimum absolute atomic E-state index is 0.166. The van der Waals surface area contributed by atoms with E-state index >= 15 is 0 Å². The standard InChI is InChI=1S/C23H17Cl2NO3/c1-28-22-11-14(6-9-21(22)29-13-15-4-2-3-5-19(15)25)10-18-17-8-7-16(24)12-20(17)26-23(18)27/h2-12H,13H2,1H3,(H,26,27)/b18-10+. The van der Waals surface area contributed by atoms with Gasteiger partial charge in [-0.2, -0.15) is 0 Å². The van der Waals surface area contributed by atoms with Gasteiger partial charge in [-0.1, -0.05) is 53.5 Å². The van der Waals surface area contributed by atoms with Gasteiger partial charge in [0, 0.05) is 26.7 Å². The van der Waals surface area contributed by atoms with Crippen molar-refractivity contribution < 1.29 is 14.3 Å². The molecule has 4 rings (SSSR count). The molecular weight excluding hydrogens is 409 g/mol. The first-order chi connectivity index (χ1) is 14.0. The zero-order chi connectivity index (χ0) is 20.4. The molecule has 0 spiro atoms. The molecule has 0 fully saturated rings. The average Bonchev–Trinajstić information content (AvgIpc) is 3.02. The zero-order valence-corrected chi connectivity index (χ0v) is 17.1. The number of carbonyl (C=O) groups excluding carboxylic acids is 1. The van der Waals surface area contributed by atoms with E-state index in [0.717, 1.165) is 16.7 Å². The summed E-state index contributed by atoms with van der Waals surface area (Å²) < 4.78 is 11.4. The monoisotopic (exact) mass is 425 g/mol. The van der Waals surface area contributed by atoms with Crippen LogP contribution in [0.2, 0.25) is 10.0 Å². The van der Waals surface area contributed by atoms with Crippen molar-refractivity contribution in [1.82, 2.24) is 0 Å². The SMILES string of the molecule is COc1cc(/C=C2/C(=O)Nc3cc(Cl)ccc32)ccc1OCc1ccccc1Cl. The van der Waals surface area contributed by atoms with Gasteiger partial charge in [-0.25, -0.2) is 0 Å². The first-order valence-electron chi connectivity index (χ1n) is 8.92. The molecule has 0 bridgehead atoms. The minimum Gasteiger partial charge on any atom is -0.493 e. The lowest BCUT2D eigenvalue weighted by molar-refractivity contribution is -0.110. The van der Waals surface area contributed by atoms with Gasteiger partial charge in [-0.05, 0) is 42.0 Å². The molecule has 4 nitrogen and oxygen atoms in total. The van der Waals surface area contributed by atoms with Crippen molar-refractivity contribution in [3.8, 4) is 11.5 Å². The normalized spacial score (nSPS) is 13.9. The van der Waals surface area contributed by atoms with Crippen LogP contribution in [-0.4, -0.2) is 13.0 Å². The summed E-state index contributed by atoms with van der Waals surface area (Å²) in [5.74, 6) is 0.999. The van der Waals surface area contributed by atoms with Crippen molar-refractivity contribution in [2.24, 2.45) is 0 Å². The summed E-state index contributed by atoms with van der Waals surface area (Å²) in [4.78, 5) is 12.4. The number of hydrogen-bond donors (Lipinski definition) is 1. The highest BCUT2D eigenvalue weighted by molar-refractivity contribution is 6.36. The Balaban J connectivity index is 1.60. The summed E-state index contributed by atoms with van der Waals surface area (Å²) in [7, 11) is 1.58. The van der Waals surface area contributed by atoms with E-state index in [2.05, 4.69) is 5.32 Å². The quantitative estimate of drug-likeness (QED) is 0.504. The van der Waals surface area contributed by atoms with Crippen LogP contribution >= 0.6 is 23.2 Å². The third-order valence-electron chi connectivity index (χ3n) is 4.60. The van der Waals surface area contributed by atoms with Gasteiger partial charge in [-0.3, -0.25) is 4.79 Å². The van der Waals surface area contributed by atoms with Crippen molar-refractivity contribution in [2.75, 3.05) is 12.4 Å². The van der Waals surface area contributed by atoms with Crippen molar-refractivity contribution >= 4 is 46.4 Å². The van der Waals surface area contributed by atoms with Crippen LogP contribution in [0.25, 0.3) is 11.6 Å². The Morgan fingerprint density at radius 2 is 1.83 bits per heavy atom. The highest BCUT2D eigenvalue weighted by atomic mass is 35.5. The van der Waals surface area contributed by atoms with Crippen LogP contribution in [0.5, 0.6) is 11.5 Å². The van der Waals surface area contributed by atoms with Gasteiger partial charge in [0.1, 0.15) is 6.61 Å². The van der Waals surface area contributed by atoms with Crippen LogP contribution in [0.15, 0.2) is 60.7 Å². The van der Waals surface area contributed by atoms with Crippen LogP contribution < -0.4 is 14.8 Å². The molecule has 0 atom stereocenters. The summed E-state index contributed by atoms with van der Waals surface area (Å²) in [5.41, 5.74) is 3.81. The topological polar surface area (TPSA) is 47.6 Å². The third-order valence-corrected chi connectivity index (χ3v) is 5.21. The largest absolute Gasteiger partial charge is 0.493 e. The summed E-state index contributed by atoms with van der Waals surface area (Å²) in [6.45, 7) is 0.326. The Morgan fingerprint density at radius 1 is 1.00 bits per heavy atom. The van der Waals surface area contributed by atoms with E-state index in [1.165, 1.54) is 0 Å². The number of nitrogens with one attached hydrogen (secondary N) is 1. The molecule has 1 amide bonds. The number of fused-ring (bicyclic) bond motifs is 1. The number of hydrogen-bond acceptors (Lipinski definition) is 3. The van der Waals surface area contributed by atoms with Crippen molar-refractivity contribution in [1.29, 1.82) is 0 Å². The van der Waals surface area contributed by atoms with Gasteiger partial charge in [0.25, 0.3) is 5.91 Å². The van der Waals surface area contributed by atoms with E-state index < -0.39 is 0 Å². The molecule has 3 aromatic carbocycles. The molecule has 3 aromatic rings. The van der Waals surface area contributed by atoms with E-state index in [1.54, 1.807) is 19.2 Å². The third kappa shape index (κ3) is 4.09. The molecule has 1 aliphatic rings. The number of benzene rings is 3. The number of ether oxygens (including phenoxy) is 2. The lowest BCUT2D eigenvalue weighted by atomic mass is 10.0. The average molecular weight is 426 g/mol. The molecule has 0 radical (unpaired) electrons. The van der Waals surface area contributed by atoms with E-state index in [1.807, 2.05) is 54.6 Å². The second kappa shape index (κ2) is 8.19. The summed E-state index contributed by atoms with van der Waals surface area (Å²) >= 11 is 12.2. The molecule has 146 valence electrons. The van der Waals surface area contributed by atoms with E-state index in [9.17, 15) is 4.79 Å². The Bertz CT molecular complexity index is 1120. The van der Waals surface area contributed by atoms with E-state index in [0.29, 0.717) is 39.4 Å². The smallest absolute Gasteiger partial charge is 0.256 e. The van der Waals surface area contributed by atoms with E-state index in [4.69, 9.17) is 32.7 Å². The number of amides is 1. The molecule has 0 aliphatic carbocycles. The van der Waals surface area contributed by atoms with Gasteiger partial charge < -0.3 is 14.8 Å². The van der Waals surface area contributed by atoms with Gasteiger partial charge in [0.15, 0.2) is 11.5 Å². The van der Waals surface area contributed by atoms with Crippen molar-refractivity contribution in [2.45, 2.75) is 6.61 Å². The molecular formula is C23H17Cl2NO3. The molecule has 6 heteroatoms. The van der Waals surface area contributed by atoms with Crippen molar-refractivity contribution in [3.05, 3.63) is 87.4 Å². The predicted octanol–water partition coefficient (Wildman–Crippen LogP) is 6.07. The molecule has 0 saturated carbocycles. The van der Waals surface area contributed by atoms with Gasteiger partial charge >= 0.3 is 0 Å². The lowest BCUT2D eigenvalue weighted by Gasteiger charge is -2.12. The minimum atomic E-state index is -0.166. The van der Waals surface area contributed by atoms with Gasteiger partial charge in [0.2, 0.25) is 0 Å². The number of halogens is 2. The summed E-state index contributed by atoms with van der Waals surface area (Å²) in [5, 5.41) is 4.06. The van der Waals surface area contributed by atoms with Crippen LogP contribution in [-0.2, 0) is 11.4 Å².